The standard InChI is InChI=1S/C20H18N2O4S/c1-25-16-8-6-15(7-9-16)22-11-10-21-19(20(22)24)27-13-18(23)14-4-3-5-17(12-14)26-2/h3-12H,13H2,1-2H3. The average molecular weight is 382 g/mol. The highest BCUT2D eigenvalue weighted by Gasteiger charge is 2.12. The van der Waals surface area contributed by atoms with Crippen LogP contribution in [-0.2, 0) is 0 Å². The molecular weight excluding hydrogens is 364 g/mol. The highest BCUT2D eigenvalue weighted by molar-refractivity contribution is 7.99. The Kier molecular flexibility index (Phi) is 5.93. The van der Waals surface area contributed by atoms with Crippen LogP contribution in [0.1, 0.15) is 10.4 Å². The van der Waals surface area contributed by atoms with Crippen LogP contribution in [0, 0.1) is 0 Å². The summed E-state index contributed by atoms with van der Waals surface area (Å²) < 4.78 is 11.8. The van der Waals surface area contributed by atoms with Crippen LogP contribution in [0.15, 0.2) is 70.7 Å². The summed E-state index contributed by atoms with van der Waals surface area (Å²) in [5, 5.41) is 0.268. The summed E-state index contributed by atoms with van der Waals surface area (Å²) in [7, 11) is 3.13. The van der Waals surface area contributed by atoms with Crippen LogP contribution in [-0.4, -0.2) is 35.3 Å². The molecule has 0 bridgehead atoms. The molecule has 3 aromatic rings. The number of ketones is 1. The van der Waals surface area contributed by atoms with E-state index in [1.54, 1.807) is 75.1 Å². The number of ether oxygens (including phenoxy) is 2. The maximum absolute atomic E-state index is 12.7. The van der Waals surface area contributed by atoms with Crippen LogP contribution in [0.3, 0.4) is 0 Å². The molecule has 0 fully saturated rings. The minimum Gasteiger partial charge on any atom is -0.497 e. The lowest BCUT2D eigenvalue weighted by atomic mass is 10.1. The van der Waals surface area contributed by atoms with Gasteiger partial charge < -0.3 is 9.47 Å². The van der Waals surface area contributed by atoms with Gasteiger partial charge >= 0.3 is 0 Å². The minimum atomic E-state index is -0.272. The molecule has 2 aromatic carbocycles. The van der Waals surface area contributed by atoms with E-state index in [-0.39, 0.29) is 22.1 Å². The predicted molar refractivity (Wildman–Crippen MR) is 104 cm³/mol. The second-order valence-electron chi connectivity index (χ2n) is 5.55. The maximum Gasteiger partial charge on any atom is 0.287 e. The zero-order chi connectivity index (χ0) is 19.2. The molecule has 0 N–H and O–H groups in total. The highest BCUT2D eigenvalue weighted by Crippen LogP contribution is 2.18. The lowest BCUT2D eigenvalue weighted by Crippen LogP contribution is -2.21. The molecule has 1 aromatic heterocycles. The molecule has 6 nitrogen and oxygen atoms in total. The second-order valence-corrected chi connectivity index (χ2v) is 6.51. The fourth-order valence-corrected chi connectivity index (χ4v) is 3.24. The summed E-state index contributed by atoms with van der Waals surface area (Å²) >= 11 is 1.12. The summed E-state index contributed by atoms with van der Waals surface area (Å²) in [6.45, 7) is 0. The van der Waals surface area contributed by atoms with E-state index in [4.69, 9.17) is 9.47 Å². The van der Waals surface area contributed by atoms with Crippen LogP contribution < -0.4 is 15.0 Å². The molecule has 0 aliphatic carbocycles. The zero-order valence-corrected chi connectivity index (χ0v) is 15.7. The number of aromatic nitrogens is 2. The number of carbonyl (C=O) groups is 1. The normalized spacial score (nSPS) is 10.4. The van der Waals surface area contributed by atoms with Crippen molar-refractivity contribution in [2.45, 2.75) is 5.03 Å². The smallest absolute Gasteiger partial charge is 0.287 e. The maximum atomic E-state index is 12.7. The van der Waals surface area contributed by atoms with E-state index in [9.17, 15) is 9.59 Å². The van der Waals surface area contributed by atoms with E-state index >= 15 is 0 Å². The summed E-state index contributed by atoms with van der Waals surface area (Å²) in [4.78, 5) is 29.2. The van der Waals surface area contributed by atoms with Crippen LogP contribution >= 0.6 is 11.8 Å². The van der Waals surface area contributed by atoms with Gasteiger partial charge in [-0.15, -0.1) is 0 Å². The number of hydrogen-bond donors (Lipinski definition) is 0. The van der Waals surface area contributed by atoms with Crippen molar-refractivity contribution in [1.29, 1.82) is 0 Å². The molecule has 27 heavy (non-hydrogen) atoms. The number of Topliss-reactive ketones (excluding diaryl/α,β-unsaturated/α-hetero) is 1. The Hall–Kier alpha value is -3.06. The molecule has 0 spiro atoms. The van der Waals surface area contributed by atoms with Crippen molar-refractivity contribution < 1.29 is 14.3 Å². The number of methoxy groups -OCH3 is 2. The molecule has 0 aliphatic rings. The fourth-order valence-electron chi connectivity index (χ4n) is 2.45. The molecule has 0 aliphatic heterocycles. The number of hydrogen-bond acceptors (Lipinski definition) is 6. The largest absolute Gasteiger partial charge is 0.497 e. The number of thioether (sulfide) groups is 1. The predicted octanol–water partition coefficient (Wildman–Crippen LogP) is 3.22. The van der Waals surface area contributed by atoms with E-state index in [0.717, 1.165) is 11.8 Å². The van der Waals surface area contributed by atoms with Crippen molar-refractivity contribution >= 4 is 17.5 Å². The van der Waals surface area contributed by atoms with Crippen molar-refractivity contribution in [1.82, 2.24) is 9.55 Å². The monoisotopic (exact) mass is 382 g/mol. The Labute approximate surface area is 160 Å². The Bertz CT molecular complexity index is 999. The lowest BCUT2D eigenvalue weighted by molar-refractivity contribution is 0.102. The van der Waals surface area contributed by atoms with Gasteiger partial charge in [0.15, 0.2) is 10.8 Å². The molecule has 7 heteroatoms. The van der Waals surface area contributed by atoms with E-state index in [0.29, 0.717) is 22.7 Å². The molecule has 1 heterocycles. The van der Waals surface area contributed by atoms with Crippen LogP contribution in [0.25, 0.3) is 5.69 Å². The molecule has 0 unspecified atom stereocenters. The Balaban J connectivity index is 1.77. The highest BCUT2D eigenvalue weighted by atomic mass is 32.2. The number of carbonyl (C=O) groups excluding carboxylic acids is 1. The van der Waals surface area contributed by atoms with Crippen molar-refractivity contribution in [2.75, 3.05) is 20.0 Å². The van der Waals surface area contributed by atoms with Crippen LogP contribution in [0.4, 0.5) is 0 Å². The third-order valence-electron chi connectivity index (χ3n) is 3.89. The summed E-state index contributed by atoms with van der Waals surface area (Å²) in [6.07, 6.45) is 3.14. The first-order chi connectivity index (χ1) is 13.1. The number of nitrogens with zero attached hydrogens (tertiary/aromatic N) is 2. The first kappa shape index (κ1) is 18.7. The molecule has 138 valence electrons. The lowest BCUT2D eigenvalue weighted by Gasteiger charge is -2.08. The Morgan fingerprint density at radius 3 is 2.52 bits per heavy atom. The van der Waals surface area contributed by atoms with Gasteiger partial charge in [0, 0.05) is 23.6 Å². The van der Waals surface area contributed by atoms with Gasteiger partial charge in [-0.05, 0) is 36.4 Å². The van der Waals surface area contributed by atoms with Gasteiger partial charge in [-0.2, -0.15) is 0 Å². The third kappa shape index (κ3) is 4.38. The van der Waals surface area contributed by atoms with E-state index < -0.39 is 0 Å². The SMILES string of the molecule is COc1ccc(-n2ccnc(SCC(=O)c3cccc(OC)c3)c2=O)cc1. The molecule has 0 atom stereocenters. The second kappa shape index (κ2) is 8.55. The molecular formula is C20H18N2O4S. The van der Waals surface area contributed by atoms with Gasteiger partial charge in [-0.1, -0.05) is 23.9 Å². The van der Waals surface area contributed by atoms with E-state index in [1.807, 2.05) is 0 Å². The number of rotatable bonds is 7. The zero-order valence-electron chi connectivity index (χ0n) is 14.9. The molecule has 0 radical (unpaired) electrons. The topological polar surface area (TPSA) is 70.4 Å². The summed E-state index contributed by atoms with van der Waals surface area (Å²) in [5.41, 5.74) is 0.962. The number of benzene rings is 2. The first-order valence-corrected chi connectivity index (χ1v) is 9.13. The van der Waals surface area contributed by atoms with Gasteiger partial charge in [0.1, 0.15) is 11.5 Å². The van der Waals surface area contributed by atoms with Crippen molar-refractivity contribution in [3.05, 3.63) is 76.8 Å². The van der Waals surface area contributed by atoms with Gasteiger partial charge in [-0.3, -0.25) is 14.2 Å². The fraction of sp³-hybridized carbons (Fsp3) is 0.150. The van der Waals surface area contributed by atoms with Crippen molar-refractivity contribution in [2.24, 2.45) is 0 Å². The molecule has 0 saturated heterocycles. The van der Waals surface area contributed by atoms with E-state index in [1.165, 1.54) is 4.57 Å². The summed E-state index contributed by atoms with van der Waals surface area (Å²) in [6, 6.07) is 14.1. The van der Waals surface area contributed by atoms with Crippen molar-refractivity contribution in [3.8, 4) is 17.2 Å². The minimum absolute atomic E-state index is 0.0973. The van der Waals surface area contributed by atoms with Gasteiger partial charge in [0.2, 0.25) is 0 Å². The first-order valence-electron chi connectivity index (χ1n) is 8.14. The molecule has 0 amide bonds. The van der Waals surface area contributed by atoms with E-state index in [2.05, 4.69) is 4.98 Å². The van der Waals surface area contributed by atoms with Gasteiger partial charge in [0.25, 0.3) is 5.56 Å². The Morgan fingerprint density at radius 1 is 1.07 bits per heavy atom. The van der Waals surface area contributed by atoms with Gasteiger partial charge in [0.05, 0.1) is 20.0 Å². The van der Waals surface area contributed by atoms with Crippen molar-refractivity contribution in [3.63, 3.8) is 0 Å². The molecule has 0 saturated carbocycles. The van der Waals surface area contributed by atoms with Crippen LogP contribution in [0.5, 0.6) is 11.5 Å². The quantitative estimate of drug-likeness (QED) is 0.462. The van der Waals surface area contributed by atoms with Crippen LogP contribution in [0.2, 0.25) is 0 Å². The molecule has 3 rings (SSSR count). The summed E-state index contributed by atoms with van der Waals surface area (Å²) in [5.74, 6) is 1.34. The third-order valence-corrected chi connectivity index (χ3v) is 4.85. The van der Waals surface area contributed by atoms with Gasteiger partial charge in [-0.25, -0.2) is 4.98 Å². The Morgan fingerprint density at radius 2 is 1.81 bits per heavy atom. The average Bonchev–Trinajstić information content (AvgIpc) is 2.73.